The molecule has 18 heavy (non-hydrogen) atoms. The van der Waals surface area contributed by atoms with Crippen molar-refractivity contribution in [3.05, 3.63) is 22.4 Å². The molecule has 2 aliphatic heterocycles. The van der Waals surface area contributed by atoms with Crippen LogP contribution in [0.1, 0.15) is 30.9 Å². The van der Waals surface area contributed by atoms with Crippen molar-refractivity contribution in [2.24, 2.45) is 11.8 Å². The van der Waals surface area contributed by atoms with E-state index in [-0.39, 0.29) is 11.6 Å². The van der Waals surface area contributed by atoms with Gasteiger partial charge in [-0.2, -0.15) is 11.3 Å². The fourth-order valence-corrected chi connectivity index (χ4v) is 3.87. The topological polar surface area (TPSA) is 56.5 Å². The van der Waals surface area contributed by atoms with E-state index in [1.165, 1.54) is 5.56 Å². The quantitative estimate of drug-likeness (QED) is 0.649. The van der Waals surface area contributed by atoms with Crippen LogP contribution in [-0.2, 0) is 9.47 Å². The largest absolute Gasteiger partial charge is 0.378 e. The number of hydrogen-bond donors (Lipinski definition) is 2. The van der Waals surface area contributed by atoms with Gasteiger partial charge in [-0.05, 0) is 41.1 Å². The summed E-state index contributed by atoms with van der Waals surface area (Å²) < 4.78 is 11.5. The lowest BCUT2D eigenvalue weighted by atomic mass is 9.79. The molecule has 3 unspecified atom stereocenters. The van der Waals surface area contributed by atoms with Crippen molar-refractivity contribution < 1.29 is 9.47 Å². The minimum Gasteiger partial charge on any atom is -0.378 e. The van der Waals surface area contributed by atoms with Crippen molar-refractivity contribution in [2.75, 3.05) is 19.8 Å². The van der Waals surface area contributed by atoms with Gasteiger partial charge >= 0.3 is 0 Å². The zero-order chi connectivity index (χ0) is 12.4. The Morgan fingerprint density at radius 3 is 3.11 bits per heavy atom. The first-order valence-electron chi connectivity index (χ1n) is 6.53. The van der Waals surface area contributed by atoms with E-state index >= 15 is 0 Å². The summed E-state index contributed by atoms with van der Waals surface area (Å²) in [4.78, 5) is 0. The highest BCUT2D eigenvalue weighted by Gasteiger charge is 2.43. The third kappa shape index (κ3) is 2.33. The average Bonchev–Trinajstić information content (AvgIpc) is 3.03. The zero-order valence-corrected chi connectivity index (χ0v) is 11.2. The first kappa shape index (κ1) is 12.6. The first-order valence-corrected chi connectivity index (χ1v) is 7.47. The van der Waals surface area contributed by atoms with Crippen LogP contribution in [0.25, 0.3) is 0 Å². The van der Waals surface area contributed by atoms with Crippen LogP contribution < -0.4 is 11.3 Å². The summed E-state index contributed by atoms with van der Waals surface area (Å²) in [6, 6.07) is 2.39. The van der Waals surface area contributed by atoms with E-state index in [1.54, 1.807) is 11.3 Å². The fourth-order valence-electron chi connectivity index (χ4n) is 3.17. The van der Waals surface area contributed by atoms with Gasteiger partial charge in [0, 0.05) is 25.7 Å². The number of hydrazine groups is 1. The molecular weight excluding hydrogens is 248 g/mol. The normalized spacial score (nSPS) is 33.9. The van der Waals surface area contributed by atoms with Gasteiger partial charge in [0.2, 0.25) is 0 Å². The summed E-state index contributed by atoms with van der Waals surface area (Å²) in [5.74, 6) is 6.29. The molecule has 1 spiro atoms. The molecule has 0 aromatic carbocycles. The smallest absolute Gasteiger partial charge is 0.0940 e. The highest BCUT2D eigenvalue weighted by atomic mass is 32.1. The Bertz CT molecular complexity index is 376. The molecule has 2 aliphatic rings. The van der Waals surface area contributed by atoms with E-state index in [0.29, 0.717) is 5.92 Å². The van der Waals surface area contributed by atoms with Crippen LogP contribution in [0.3, 0.4) is 0 Å². The number of hydrogen-bond acceptors (Lipinski definition) is 5. The molecule has 3 rings (SSSR count). The van der Waals surface area contributed by atoms with Gasteiger partial charge in [0.15, 0.2) is 0 Å². The zero-order valence-electron chi connectivity index (χ0n) is 10.4. The van der Waals surface area contributed by atoms with Crippen molar-refractivity contribution in [2.45, 2.75) is 30.9 Å². The monoisotopic (exact) mass is 268 g/mol. The molecule has 4 nitrogen and oxygen atoms in total. The lowest BCUT2D eigenvalue weighted by Gasteiger charge is -2.40. The van der Waals surface area contributed by atoms with Crippen LogP contribution in [0.2, 0.25) is 0 Å². The Balaban J connectivity index is 1.74. The summed E-state index contributed by atoms with van der Waals surface area (Å²) in [5, 5.41) is 4.28. The maximum absolute atomic E-state index is 5.98. The number of rotatable bonds is 3. The Morgan fingerprint density at radius 1 is 1.50 bits per heavy atom. The van der Waals surface area contributed by atoms with E-state index in [2.05, 4.69) is 22.3 Å². The van der Waals surface area contributed by atoms with Gasteiger partial charge < -0.3 is 9.47 Å². The van der Waals surface area contributed by atoms with Crippen LogP contribution in [0.4, 0.5) is 0 Å². The van der Waals surface area contributed by atoms with Gasteiger partial charge in [-0.15, -0.1) is 0 Å². The number of nitrogens with two attached hydrogens (primary N) is 1. The summed E-state index contributed by atoms with van der Waals surface area (Å²) >= 11 is 1.72. The van der Waals surface area contributed by atoms with Crippen molar-refractivity contribution >= 4 is 11.3 Å². The molecule has 100 valence electrons. The molecule has 5 heteroatoms. The van der Waals surface area contributed by atoms with Crippen LogP contribution in [-0.4, -0.2) is 25.4 Å². The molecule has 2 fully saturated rings. The van der Waals surface area contributed by atoms with Crippen molar-refractivity contribution in [3.63, 3.8) is 0 Å². The predicted molar refractivity (Wildman–Crippen MR) is 71.2 cm³/mol. The average molecular weight is 268 g/mol. The van der Waals surface area contributed by atoms with Gasteiger partial charge in [0.25, 0.3) is 0 Å². The lowest BCUT2D eigenvalue weighted by molar-refractivity contribution is -0.103. The van der Waals surface area contributed by atoms with Crippen LogP contribution >= 0.6 is 11.3 Å². The van der Waals surface area contributed by atoms with Gasteiger partial charge in [-0.3, -0.25) is 11.3 Å². The standard InChI is InChI=1S/C13H20N2O2S/c14-15-12(11-2-6-18-8-11)10-1-4-17-13(7-10)3-5-16-9-13/h2,6,8,10,12,15H,1,3-5,7,9,14H2. The molecular formula is C13H20N2O2S. The van der Waals surface area contributed by atoms with Crippen molar-refractivity contribution in [3.8, 4) is 0 Å². The third-order valence-electron chi connectivity index (χ3n) is 4.15. The number of thiophene rings is 1. The predicted octanol–water partition coefficient (Wildman–Crippen LogP) is 1.84. The Morgan fingerprint density at radius 2 is 2.44 bits per heavy atom. The van der Waals surface area contributed by atoms with Crippen LogP contribution in [0.5, 0.6) is 0 Å². The van der Waals surface area contributed by atoms with E-state index in [4.69, 9.17) is 15.3 Å². The van der Waals surface area contributed by atoms with Gasteiger partial charge in [0.1, 0.15) is 0 Å². The Hall–Kier alpha value is -0.460. The molecule has 0 radical (unpaired) electrons. The summed E-state index contributed by atoms with van der Waals surface area (Å²) in [5.41, 5.74) is 4.24. The highest BCUT2D eigenvalue weighted by Crippen LogP contribution is 2.40. The van der Waals surface area contributed by atoms with Crippen molar-refractivity contribution in [1.29, 1.82) is 0 Å². The van der Waals surface area contributed by atoms with E-state index < -0.39 is 0 Å². The SMILES string of the molecule is NNC(c1ccsc1)C1CCOC2(CCOC2)C1. The van der Waals surface area contributed by atoms with Crippen molar-refractivity contribution in [1.82, 2.24) is 5.43 Å². The lowest BCUT2D eigenvalue weighted by Crippen LogP contribution is -2.45. The minimum absolute atomic E-state index is 0.0476. The Kier molecular flexibility index (Phi) is 3.68. The minimum atomic E-state index is -0.0476. The number of nitrogens with one attached hydrogen (secondary N) is 1. The van der Waals surface area contributed by atoms with Gasteiger partial charge in [-0.1, -0.05) is 0 Å². The van der Waals surface area contributed by atoms with Crippen LogP contribution in [0.15, 0.2) is 16.8 Å². The molecule has 0 aliphatic carbocycles. The fraction of sp³-hybridized carbons (Fsp3) is 0.692. The first-order chi connectivity index (χ1) is 8.83. The van der Waals surface area contributed by atoms with E-state index in [9.17, 15) is 0 Å². The van der Waals surface area contributed by atoms with Gasteiger partial charge in [0.05, 0.1) is 12.2 Å². The summed E-state index contributed by atoms with van der Waals surface area (Å²) in [6.45, 7) is 2.38. The van der Waals surface area contributed by atoms with E-state index in [1.807, 2.05) is 0 Å². The summed E-state index contributed by atoms with van der Waals surface area (Å²) in [7, 11) is 0. The maximum Gasteiger partial charge on any atom is 0.0940 e. The molecule has 3 heterocycles. The summed E-state index contributed by atoms with van der Waals surface area (Å²) in [6.07, 6.45) is 3.12. The van der Waals surface area contributed by atoms with Gasteiger partial charge in [-0.25, -0.2) is 0 Å². The van der Waals surface area contributed by atoms with E-state index in [0.717, 1.165) is 39.1 Å². The molecule has 0 amide bonds. The second-order valence-electron chi connectivity index (χ2n) is 5.29. The molecule has 0 bridgehead atoms. The molecule has 2 saturated heterocycles. The molecule has 0 saturated carbocycles. The second-order valence-corrected chi connectivity index (χ2v) is 6.07. The molecule has 3 atom stereocenters. The molecule has 1 aromatic rings. The molecule has 3 N–H and O–H groups in total. The Labute approximate surface area is 111 Å². The highest BCUT2D eigenvalue weighted by molar-refractivity contribution is 7.07. The number of ether oxygens (including phenoxy) is 2. The van der Waals surface area contributed by atoms with Crippen LogP contribution in [0, 0.1) is 5.92 Å². The third-order valence-corrected chi connectivity index (χ3v) is 4.85. The molecule has 1 aromatic heterocycles. The maximum atomic E-state index is 5.98. The second kappa shape index (κ2) is 5.27.